The summed E-state index contributed by atoms with van der Waals surface area (Å²) in [5.41, 5.74) is 0.760. The standard InChI is InChI=1S/C17H20BN3O4S/c1-4-5-6-25-15-11(7-10(2)8-13(15)18(23)24)14-12(9-19)16(22)21-17(20-14)26-3/h7-8,23-24H,4-6H2,1-3H3,(H,20,21,22). The Labute approximate surface area is 156 Å². The maximum Gasteiger partial charge on any atom is 0.492 e. The van der Waals surface area contributed by atoms with Gasteiger partial charge in [-0.1, -0.05) is 36.7 Å². The van der Waals surface area contributed by atoms with E-state index in [9.17, 15) is 20.1 Å². The molecule has 0 atom stereocenters. The largest absolute Gasteiger partial charge is 0.493 e. The lowest BCUT2D eigenvalue weighted by atomic mass is 9.77. The molecule has 7 nitrogen and oxygen atoms in total. The van der Waals surface area contributed by atoms with Gasteiger partial charge in [0.2, 0.25) is 0 Å². The van der Waals surface area contributed by atoms with E-state index in [0.29, 0.717) is 17.3 Å². The van der Waals surface area contributed by atoms with E-state index in [2.05, 4.69) is 9.97 Å². The fourth-order valence-electron chi connectivity index (χ4n) is 2.50. The highest BCUT2D eigenvalue weighted by atomic mass is 32.2. The average molecular weight is 373 g/mol. The maximum atomic E-state index is 12.2. The van der Waals surface area contributed by atoms with Crippen molar-refractivity contribution in [1.82, 2.24) is 9.97 Å². The molecule has 0 saturated carbocycles. The fourth-order valence-corrected chi connectivity index (χ4v) is 2.87. The van der Waals surface area contributed by atoms with Crippen molar-refractivity contribution >= 4 is 24.3 Å². The van der Waals surface area contributed by atoms with Gasteiger partial charge in [-0.2, -0.15) is 5.26 Å². The fraction of sp³-hybridized carbons (Fsp3) is 0.353. The van der Waals surface area contributed by atoms with Gasteiger partial charge in [0.05, 0.1) is 6.61 Å². The molecule has 0 aliphatic heterocycles. The number of nitrogens with one attached hydrogen (secondary N) is 1. The van der Waals surface area contributed by atoms with E-state index in [-0.39, 0.29) is 22.5 Å². The van der Waals surface area contributed by atoms with Crippen LogP contribution in [-0.2, 0) is 0 Å². The van der Waals surface area contributed by atoms with Gasteiger partial charge in [-0.15, -0.1) is 0 Å². The van der Waals surface area contributed by atoms with Crippen LogP contribution in [0.3, 0.4) is 0 Å². The van der Waals surface area contributed by atoms with Crippen LogP contribution in [0, 0.1) is 18.3 Å². The lowest BCUT2D eigenvalue weighted by Gasteiger charge is -2.17. The zero-order valence-electron chi connectivity index (χ0n) is 14.9. The van der Waals surface area contributed by atoms with Gasteiger partial charge in [-0.25, -0.2) is 4.98 Å². The van der Waals surface area contributed by atoms with Crippen LogP contribution < -0.4 is 15.8 Å². The van der Waals surface area contributed by atoms with E-state index in [1.165, 1.54) is 11.8 Å². The second-order valence-electron chi connectivity index (χ2n) is 5.72. The molecular formula is C17H20BN3O4S. The number of nitriles is 1. The molecule has 0 amide bonds. The third kappa shape index (κ3) is 4.27. The van der Waals surface area contributed by atoms with E-state index < -0.39 is 12.7 Å². The van der Waals surface area contributed by atoms with Gasteiger partial charge in [-0.05, 0) is 25.7 Å². The number of ether oxygens (including phenoxy) is 1. The summed E-state index contributed by atoms with van der Waals surface area (Å²) in [5.74, 6) is 0.223. The highest BCUT2D eigenvalue weighted by Gasteiger charge is 2.25. The molecule has 1 heterocycles. The van der Waals surface area contributed by atoms with Crippen molar-refractivity contribution in [3.05, 3.63) is 33.6 Å². The molecule has 2 aromatic rings. The van der Waals surface area contributed by atoms with E-state index in [1.54, 1.807) is 25.3 Å². The molecule has 0 spiro atoms. The number of rotatable bonds is 7. The molecule has 136 valence electrons. The number of thioether (sulfide) groups is 1. The molecule has 0 bridgehead atoms. The van der Waals surface area contributed by atoms with E-state index >= 15 is 0 Å². The van der Waals surface area contributed by atoms with Gasteiger partial charge >= 0.3 is 7.12 Å². The van der Waals surface area contributed by atoms with Crippen LogP contribution in [0.4, 0.5) is 0 Å². The number of hydrogen-bond donors (Lipinski definition) is 3. The third-order valence-corrected chi connectivity index (χ3v) is 4.32. The summed E-state index contributed by atoms with van der Waals surface area (Å²) < 4.78 is 5.80. The van der Waals surface area contributed by atoms with Gasteiger partial charge in [0.1, 0.15) is 23.1 Å². The maximum absolute atomic E-state index is 12.2. The van der Waals surface area contributed by atoms with Gasteiger partial charge < -0.3 is 19.8 Å². The number of hydrogen-bond acceptors (Lipinski definition) is 7. The summed E-state index contributed by atoms with van der Waals surface area (Å²) in [5, 5.41) is 29.3. The molecule has 1 aromatic carbocycles. The van der Waals surface area contributed by atoms with Crippen LogP contribution in [0.5, 0.6) is 5.75 Å². The highest BCUT2D eigenvalue weighted by molar-refractivity contribution is 7.98. The third-order valence-electron chi connectivity index (χ3n) is 3.74. The molecule has 2 rings (SSSR count). The molecule has 0 radical (unpaired) electrons. The Kier molecular flexibility index (Phi) is 6.86. The highest BCUT2D eigenvalue weighted by Crippen LogP contribution is 2.31. The van der Waals surface area contributed by atoms with Crippen molar-refractivity contribution in [1.29, 1.82) is 5.26 Å². The molecular weight excluding hydrogens is 353 g/mol. The normalized spacial score (nSPS) is 10.5. The van der Waals surface area contributed by atoms with Gasteiger partial charge in [0.25, 0.3) is 5.56 Å². The minimum atomic E-state index is -1.75. The quantitative estimate of drug-likeness (QED) is 0.289. The van der Waals surface area contributed by atoms with E-state index in [4.69, 9.17) is 4.74 Å². The molecule has 0 fully saturated rings. The summed E-state index contributed by atoms with van der Waals surface area (Å²) in [7, 11) is -1.75. The molecule has 0 unspecified atom stereocenters. The van der Waals surface area contributed by atoms with E-state index in [0.717, 1.165) is 18.4 Å². The molecule has 0 aliphatic rings. The molecule has 3 N–H and O–H groups in total. The number of aromatic amines is 1. The summed E-state index contributed by atoms with van der Waals surface area (Å²) in [6.07, 6.45) is 3.44. The average Bonchev–Trinajstić information content (AvgIpc) is 2.61. The van der Waals surface area contributed by atoms with E-state index in [1.807, 2.05) is 13.0 Å². The lowest BCUT2D eigenvalue weighted by molar-refractivity contribution is 0.311. The SMILES string of the molecule is CCCCOc1c(B(O)O)cc(C)cc1-c1nc(SC)[nH]c(=O)c1C#N. The first-order valence-electron chi connectivity index (χ1n) is 8.15. The van der Waals surface area contributed by atoms with Crippen molar-refractivity contribution in [2.75, 3.05) is 12.9 Å². The van der Waals surface area contributed by atoms with Crippen LogP contribution in [0.15, 0.2) is 22.1 Å². The van der Waals surface area contributed by atoms with Crippen LogP contribution in [0.2, 0.25) is 0 Å². The number of H-pyrrole nitrogens is 1. The second-order valence-corrected chi connectivity index (χ2v) is 6.51. The Morgan fingerprint density at radius 3 is 2.73 bits per heavy atom. The molecule has 1 aromatic heterocycles. The monoisotopic (exact) mass is 373 g/mol. The zero-order chi connectivity index (χ0) is 19.3. The summed E-state index contributed by atoms with van der Waals surface area (Å²) in [6, 6.07) is 5.20. The van der Waals surface area contributed by atoms with Crippen molar-refractivity contribution in [2.24, 2.45) is 0 Å². The summed E-state index contributed by atoms with van der Waals surface area (Å²) in [4.78, 5) is 19.1. The predicted octanol–water partition coefficient (Wildman–Crippen LogP) is 1.20. The molecule has 0 saturated heterocycles. The number of aromatic nitrogens is 2. The van der Waals surface area contributed by atoms with Gasteiger partial charge in [0, 0.05) is 11.0 Å². The zero-order valence-corrected chi connectivity index (χ0v) is 15.7. The minimum absolute atomic E-state index is 0.146. The Morgan fingerprint density at radius 2 is 2.15 bits per heavy atom. The summed E-state index contributed by atoms with van der Waals surface area (Å²) in [6.45, 7) is 4.16. The number of nitrogens with zero attached hydrogens (tertiary/aromatic N) is 2. The Morgan fingerprint density at radius 1 is 1.42 bits per heavy atom. The van der Waals surface area contributed by atoms with Crippen LogP contribution in [-0.4, -0.2) is 40.0 Å². The topological polar surface area (TPSA) is 119 Å². The van der Waals surface area contributed by atoms with Gasteiger partial charge in [0.15, 0.2) is 5.16 Å². The first-order chi connectivity index (χ1) is 12.4. The molecule has 9 heteroatoms. The Hall–Kier alpha value is -2.28. The minimum Gasteiger partial charge on any atom is -0.493 e. The van der Waals surface area contributed by atoms with Crippen molar-refractivity contribution < 1.29 is 14.8 Å². The molecule has 0 aliphatic carbocycles. The predicted molar refractivity (Wildman–Crippen MR) is 102 cm³/mol. The Balaban J connectivity index is 2.78. The second kappa shape index (κ2) is 8.89. The molecule has 26 heavy (non-hydrogen) atoms. The van der Waals surface area contributed by atoms with Crippen molar-refractivity contribution in [3.8, 4) is 23.1 Å². The van der Waals surface area contributed by atoms with Gasteiger partial charge in [-0.3, -0.25) is 4.79 Å². The lowest BCUT2D eigenvalue weighted by Crippen LogP contribution is -2.32. The van der Waals surface area contributed by atoms with Crippen LogP contribution in [0.1, 0.15) is 30.9 Å². The number of aryl methyl sites for hydroxylation is 1. The van der Waals surface area contributed by atoms with Crippen molar-refractivity contribution in [3.63, 3.8) is 0 Å². The first-order valence-corrected chi connectivity index (χ1v) is 9.37. The van der Waals surface area contributed by atoms with Crippen molar-refractivity contribution in [2.45, 2.75) is 31.8 Å². The van der Waals surface area contributed by atoms with Crippen LogP contribution >= 0.6 is 11.8 Å². The first kappa shape index (κ1) is 20.0. The number of benzene rings is 1. The smallest absolute Gasteiger partial charge is 0.492 e. The summed E-state index contributed by atoms with van der Waals surface area (Å²) >= 11 is 1.24. The van der Waals surface area contributed by atoms with Crippen LogP contribution in [0.25, 0.3) is 11.3 Å². The Bertz CT molecular complexity index is 893. The number of unbranched alkanes of at least 4 members (excludes halogenated alkanes) is 1.